The minimum atomic E-state index is -1.01. The summed E-state index contributed by atoms with van der Waals surface area (Å²) < 4.78 is 34.4. The van der Waals surface area contributed by atoms with Crippen molar-refractivity contribution in [3.05, 3.63) is 101 Å². The van der Waals surface area contributed by atoms with Crippen molar-refractivity contribution in [3.63, 3.8) is 0 Å². The number of hydrogen-bond acceptors (Lipinski definition) is 3. The van der Waals surface area contributed by atoms with Crippen LogP contribution in [0.15, 0.2) is 72.8 Å². The predicted octanol–water partition coefficient (Wildman–Crippen LogP) is 6.73. The minimum absolute atomic E-state index is 0.193. The molecule has 0 spiro atoms. The third kappa shape index (κ3) is 5.34. The normalized spacial score (nSPS) is 14.1. The number of methoxy groups -OCH3 is 1. The van der Waals surface area contributed by atoms with Gasteiger partial charge in [0.25, 0.3) is 5.91 Å². The van der Waals surface area contributed by atoms with Crippen LogP contribution in [0, 0.1) is 11.6 Å². The maximum absolute atomic E-state index is 13.8. The smallest absolute Gasteiger partial charge is 0.272 e. The second-order valence-corrected chi connectivity index (χ2v) is 9.89. The third-order valence-electron chi connectivity index (χ3n) is 7.15. The summed E-state index contributed by atoms with van der Waals surface area (Å²) in [6.07, 6.45) is 3.26. The van der Waals surface area contributed by atoms with E-state index in [0.29, 0.717) is 18.3 Å². The van der Waals surface area contributed by atoms with Crippen LogP contribution in [-0.2, 0) is 6.54 Å². The molecule has 1 N–H and O–H groups in total. The number of carbonyl (C=O) groups excluding carboxylic acids is 1. The maximum atomic E-state index is 13.8. The summed E-state index contributed by atoms with van der Waals surface area (Å²) in [4.78, 5) is 15.8. The van der Waals surface area contributed by atoms with Crippen LogP contribution in [0.4, 0.5) is 14.5 Å². The summed E-state index contributed by atoms with van der Waals surface area (Å²) in [6.45, 7) is 6.82. The Balaban J connectivity index is 1.51. The second kappa shape index (κ2) is 10.8. The van der Waals surface area contributed by atoms with Crippen molar-refractivity contribution in [2.45, 2.75) is 32.9 Å². The number of hydrogen-bond donors (Lipinski definition) is 1. The Kier molecular flexibility index (Phi) is 7.29. The molecule has 0 radical (unpaired) electrons. The molecule has 1 aromatic heterocycles. The zero-order chi connectivity index (χ0) is 26.8. The second-order valence-electron chi connectivity index (χ2n) is 9.89. The zero-order valence-electron chi connectivity index (χ0n) is 21.8. The summed E-state index contributed by atoms with van der Waals surface area (Å²) in [5.74, 6) is -1.61. The van der Waals surface area contributed by atoms with Gasteiger partial charge in [-0.05, 0) is 79.4 Å². The summed E-state index contributed by atoms with van der Waals surface area (Å²) >= 11 is 0. The molecule has 0 atom stereocenters. The van der Waals surface area contributed by atoms with E-state index >= 15 is 0 Å². The molecular weight excluding hydrogens is 484 g/mol. The van der Waals surface area contributed by atoms with Crippen molar-refractivity contribution in [1.82, 2.24) is 9.47 Å². The quantitative estimate of drug-likeness (QED) is 0.297. The van der Waals surface area contributed by atoms with E-state index in [2.05, 4.69) is 48.3 Å². The molecule has 3 aromatic carbocycles. The van der Waals surface area contributed by atoms with Crippen LogP contribution in [0.5, 0.6) is 5.75 Å². The molecule has 4 aromatic rings. The number of ether oxygens (including phenoxy) is 1. The topological polar surface area (TPSA) is 46.5 Å². The summed E-state index contributed by atoms with van der Waals surface area (Å²) in [6, 6.07) is 19.7. The number of nitrogens with one attached hydrogen (secondary N) is 1. The molecule has 5 nitrogen and oxygen atoms in total. The van der Waals surface area contributed by atoms with Crippen LogP contribution in [0.1, 0.15) is 41.9 Å². The van der Waals surface area contributed by atoms with Gasteiger partial charge in [-0.25, -0.2) is 8.78 Å². The van der Waals surface area contributed by atoms with Crippen molar-refractivity contribution >= 4 is 28.1 Å². The van der Waals surface area contributed by atoms with Crippen LogP contribution in [0.25, 0.3) is 16.5 Å². The van der Waals surface area contributed by atoms with Gasteiger partial charge in [0.05, 0.1) is 7.11 Å². The zero-order valence-corrected chi connectivity index (χ0v) is 21.8. The molecule has 5 rings (SSSR count). The van der Waals surface area contributed by atoms with Gasteiger partial charge >= 0.3 is 0 Å². The number of nitrogens with zero attached hydrogens (tertiary/aromatic N) is 2. The van der Waals surface area contributed by atoms with Gasteiger partial charge in [-0.1, -0.05) is 24.3 Å². The number of halogens is 2. The molecule has 0 saturated heterocycles. The molecule has 38 heavy (non-hydrogen) atoms. The number of amides is 1. The highest BCUT2D eigenvalue weighted by molar-refractivity contribution is 6.06. The Morgan fingerprint density at radius 1 is 1.00 bits per heavy atom. The van der Waals surface area contributed by atoms with Gasteiger partial charge in [0, 0.05) is 48.3 Å². The van der Waals surface area contributed by atoms with E-state index in [4.69, 9.17) is 4.74 Å². The van der Waals surface area contributed by atoms with Gasteiger partial charge in [0.15, 0.2) is 11.6 Å². The number of aromatic nitrogens is 1. The van der Waals surface area contributed by atoms with Crippen LogP contribution in [0.2, 0.25) is 0 Å². The molecule has 0 bridgehead atoms. The highest BCUT2D eigenvalue weighted by Gasteiger charge is 2.19. The van der Waals surface area contributed by atoms with E-state index in [-0.39, 0.29) is 5.69 Å². The molecule has 196 valence electrons. The number of anilines is 1. The molecule has 0 fully saturated rings. The van der Waals surface area contributed by atoms with E-state index in [1.165, 1.54) is 11.6 Å². The lowest BCUT2D eigenvalue weighted by Crippen LogP contribution is -2.34. The summed E-state index contributed by atoms with van der Waals surface area (Å²) in [5.41, 5.74) is 4.99. The minimum Gasteiger partial charge on any atom is -0.497 e. The lowest BCUT2D eigenvalue weighted by atomic mass is 9.98. The van der Waals surface area contributed by atoms with E-state index in [9.17, 15) is 13.6 Å². The van der Waals surface area contributed by atoms with Crippen molar-refractivity contribution in [3.8, 4) is 5.75 Å². The van der Waals surface area contributed by atoms with E-state index in [1.807, 2.05) is 34.9 Å². The standard InChI is InChI=1S/C31H31F2N3O2/c1-20(2)35-14-12-22(13-15-35)23-6-11-29-24(16-23)17-30(31(37)34-25-7-10-27(32)28(33)18-25)36(29)19-21-4-8-26(38-3)9-5-21/h4-12,16-18,20H,13-15,19H2,1-3H3,(H,34,37). The van der Waals surface area contributed by atoms with Gasteiger partial charge < -0.3 is 14.6 Å². The molecule has 7 heteroatoms. The van der Waals surface area contributed by atoms with Crippen LogP contribution >= 0.6 is 0 Å². The fourth-order valence-electron chi connectivity index (χ4n) is 4.93. The van der Waals surface area contributed by atoms with Crippen molar-refractivity contribution in [2.24, 2.45) is 0 Å². The fourth-order valence-corrected chi connectivity index (χ4v) is 4.93. The predicted molar refractivity (Wildman–Crippen MR) is 148 cm³/mol. The SMILES string of the molecule is COc1ccc(Cn2c(C(=O)Nc3ccc(F)c(F)c3)cc3cc(C4=CCN(C(C)C)CC4)ccc32)cc1. The molecule has 1 aliphatic rings. The highest BCUT2D eigenvalue weighted by Crippen LogP contribution is 2.30. The van der Waals surface area contributed by atoms with E-state index in [0.717, 1.165) is 59.4 Å². The lowest BCUT2D eigenvalue weighted by Gasteiger charge is -2.29. The first-order valence-corrected chi connectivity index (χ1v) is 12.8. The van der Waals surface area contributed by atoms with Crippen LogP contribution < -0.4 is 10.1 Å². The van der Waals surface area contributed by atoms with Crippen molar-refractivity contribution in [1.29, 1.82) is 0 Å². The molecule has 0 saturated carbocycles. The Morgan fingerprint density at radius 2 is 1.79 bits per heavy atom. The largest absolute Gasteiger partial charge is 0.497 e. The first-order chi connectivity index (χ1) is 18.3. The number of carbonyl (C=O) groups is 1. The van der Waals surface area contributed by atoms with Gasteiger partial charge in [-0.15, -0.1) is 0 Å². The summed E-state index contributed by atoms with van der Waals surface area (Å²) in [5, 5.41) is 3.66. The number of rotatable bonds is 7. The van der Waals surface area contributed by atoms with E-state index < -0.39 is 17.5 Å². The number of benzene rings is 3. The van der Waals surface area contributed by atoms with Gasteiger partial charge in [-0.2, -0.15) is 0 Å². The molecule has 0 unspecified atom stereocenters. The van der Waals surface area contributed by atoms with Crippen LogP contribution in [-0.4, -0.2) is 41.6 Å². The Labute approximate surface area is 221 Å². The monoisotopic (exact) mass is 515 g/mol. The maximum Gasteiger partial charge on any atom is 0.272 e. The van der Waals surface area contributed by atoms with Gasteiger partial charge in [0.1, 0.15) is 11.4 Å². The Hall–Kier alpha value is -3.97. The Bertz CT molecular complexity index is 1510. The molecule has 1 aliphatic heterocycles. The molecular formula is C31H31F2N3O2. The van der Waals surface area contributed by atoms with E-state index in [1.54, 1.807) is 7.11 Å². The van der Waals surface area contributed by atoms with Gasteiger partial charge in [-0.3, -0.25) is 9.69 Å². The summed E-state index contributed by atoms with van der Waals surface area (Å²) in [7, 11) is 1.62. The molecule has 0 aliphatic carbocycles. The van der Waals surface area contributed by atoms with Crippen LogP contribution in [0.3, 0.4) is 0 Å². The first-order valence-electron chi connectivity index (χ1n) is 12.8. The highest BCUT2D eigenvalue weighted by atomic mass is 19.2. The fraction of sp³-hybridized carbons (Fsp3) is 0.258. The third-order valence-corrected chi connectivity index (χ3v) is 7.15. The van der Waals surface area contributed by atoms with Crippen molar-refractivity contribution < 1.29 is 18.3 Å². The average molecular weight is 516 g/mol. The average Bonchev–Trinajstić information content (AvgIpc) is 3.29. The first kappa shape index (κ1) is 25.7. The molecule has 1 amide bonds. The Morgan fingerprint density at radius 3 is 2.45 bits per heavy atom. The number of fused-ring (bicyclic) bond motifs is 1. The van der Waals surface area contributed by atoms with Crippen molar-refractivity contribution in [2.75, 3.05) is 25.5 Å². The molecule has 2 heterocycles. The lowest BCUT2D eigenvalue weighted by molar-refractivity contribution is 0.101. The van der Waals surface area contributed by atoms with Gasteiger partial charge in [0.2, 0.25) is 0 Å².